The van der Waals surface area contributed by atoms with Crippen LogP contribution in [0.25, 0.3) is 0 Å². The van der Waals surface area contributed by atoms with Crippen LogP contribution in [-0.4, -0.2) is 35.6 Å². The molecular formula is C15H24IN3OS. The number of aliphatic imine (C=N–C) groups is 1. The van der Waals surface area contributed by atoms with E-state index < -0.39 is 10.8 Å². The fraction of sp³-hybridized carbons (Fsp3) is 0.400. The predicted octanol–water partition coefficient (Wildman–Crippen LogP) is 2.29. The number of nitrogens with zero attached hydrogens (tertiary/aromatic N) is 1. The largest absolute Gasteiger partial charge is 0.357 e. The van der Waals surface area contributed by atoms with Crippen LogP contribution in [0.4, 0.5) is 0 Å². The number of hydrogen-bond donors (Lipinski definition) is 2. The number of guanidine groups is 1. The van der Waals surface area contributed by atoms with Crippen molar-refractivity contribution in [1.82, 2.24) is 10.6 Å². The Labute approximate surface area is 147 Å². The fourth-order valence-corrected chi connectivity index (χ4v) is 2.61. The normalized spacial score (nSPS) is 12.1. The molecule has 0 bridgehead atoms. The lowest BCUT2D eigenvalue weighted by molar-refractivity contribution is 0.682. The Balaban J connectivity index is 0.00000400. The van der Waals surface area contributed by atoms with Gasteiger partial charge in [-0.15, -0.1) is 30.6 Å². The number of nitrogens with one attached hydrogen (secondary N) is 2. The molecule has 1 aromatic carbocycles. The van der Waals surface area contributed by atoms with Gasteiger partial charge in [0.05, 0.1) is 6.54 Å². The number of benzene rings is 1. The molecule has 0 saturated carbocycles. The van der Waals surface area contributed by atoms with Crippen LogP contribution >= 0.6 is 24.0 Å². The summed E-state index contributed by atoms with van der Waals surface area (Å²) in [5.41, 5.74) is 1.10. The van der Waals surface area contributed by atoms with Gasteiger partial charge in [-0.25, -0.2) is 0 Å². The predicted molar refractivity (Wildman–Crippen MR) is 103 cm³/mol. The number of halogens is 1. The van der Waals surface area contributed by atoms with Gasteiger partial charge in [-0.05, 0) is 12.5 Å². The summed E-state index contributed by atoms with van der Waals surface area (Å²) in [7, 11) is -0.880. The Morgan fingerprint density at radius 1 is 1.33 bits per heavy atom. The lowest BCUT2D eigenvalue weighted by Crippen LogP contribution is -2.37. The molecule has 0 fully saturated rings. The van der Waals surface area contributed by atoms with Crippen LogP contribution in [0.2, 0.25) is 0 Å². The van der Waals surface area contributed by atoms with Gasteiger partial charge in [-0.2, -0.15) is 0 Å². The topological polar surface area (TPSA) is 53.5 Å². The van der Waals surface area contributed by atoms with E-state index in [-0.39, 0.29) is 24.0 Å². The highest BCUT2D eigenvalue weighted by Crippen LogP contribution is 2.02. The highest BCUT2D eigenvalue weighted by molar-refractivity contribution is 14.0. The van der Waals surface area contributed by atoms with Crippen molar-refractivity contribution in [3.8, 4) is 0 Å². The molecule has 21 heavy (non-hydrogen) atoms. The third-order valence-corrected chi connectivity index (χ3v) is 3.81. The maximum Gasteiger partial charge on any atom is 0.191 e. The van der Waals surface area contributed by atoms with Crippen LogP contribution in [0.5, 0.6) is 0 Å². The van der Waals surface area contributed by atoms with E-state index in [0.29, 0.717) is 24.6 Å². The molecule has 6 heteroatoms. The summed E-state index contributed by atoms with van der Waals surface area (Å²) < 4.78 is 12.0. The van der Waals surface area contributed by atoms with Crippen LogP contribution in [0.3, 0.4) is 0 Å². The summed E-state index contributed by atoms with van der Waals surface area (Å²) in [6.45, 7) is 7.68. The summed E-state index contributed by atoms with van der Waals surface area (Å²) in [5.74, 6) is 1.90. The summed E-state index contributed by atoms with van der Waals surface area (Å²) in [6, 6.07) is 9.89. The quantitative estimate of drug-likeness (QED) is 0.293. The van der Waals surface area contributed by atoms with E-state index in [1.807, 2.05) is 37.3 Å². The van der Waals surface area contributed by atoms with Crippen molar-refractivity contribution in [3.05, 3.63) is 48.6 Å². The SMILES string of the molecule is C=CCNC(=NCCS(=O)Cc1ccccc1)NCC.I. The van der Waals surface area contributed by atoms with Crippen molar-refractivity contribution >= 4 is 40.7 Å². The van der Waals surface area contributed by atoms with Gasteiger partial charge in [0, 0.05) is 35.4 Å². The maximum atomic E-state index is 12.0. The van der Waals surface area contributed by atoms with E-state index in [0.717, 1.165) is 18.1 Å². The summed E-state index contributed by atoms with van der Waals surface area (Å²) in [6.07, 6.45) is 1.78. The smallest absolute Gasteiger partial charge is 0.191 e. The average molecular weight is 421 g/mol. The molecule has 1 aromatic rings. The highest BCUT2D eigenvalue weighted by atomic mass is 127. The van der Waals surface area contributed by atoms with Gasteiger partial charge in [-0.1, -0.05) is 36.4 Å². The van der Waals surface area contributed by atoms with Crippen molar-refractivity contribution < 1.29 is 4.21 Å². The first-order valence-electron chi connectivity index (χ1n) is 6.78. The van der Waals surface area contributed by atoms with Crippen molar-refractivity contribution in [1.29, 1.82) is 0 Å². The second kappa shape index (κ2) is 12.8. The lowest BCUT2D eigenvalue weighted by atomic mass is 10.2. The molecule has 1 unspecified atom stereocenters. The Hall–Kier alpha value is -0.890. The van der Waals surface area contributed by atoms with E-state index in [1.165, 1.54) is 0 Å². The molecule has 0 amide bonds. The van der Waals surface area contributed by atoms with Gasteiger partial charge in [0.25, 0.3) is 0 Å². The molecule has 0 heterocycles. The molecule has 0 aromatic heterocycles. The van der Waals surface area contributed by atoms with Crippen molar-refractivity contribution in [2.24, 2.45) is 4.99 Å². The lowest BCUT2D eigenvalue weighted by Gasteiger charge is -2.09. The zero-order valence-corrected chi connectivity index (χ0v) is 15.5. The molecule has 4 nitrogen and oxygen atoms in total. The summed E-state index contributed by atoms with van der Waals surface area (Å²) >= 11 is 0. The van der Waals surface area contributed by atoms with Gasteiger partial charge < -0.3 is 10.6 Å². The first kappa shape index (κ1) is 20.1. The summed E-state index contributed by atoms with van der Waals surface area (Å²) in [4.78, 5) is 4.39. The minimum absolute atomic E-state index is 0. The molecule has 1 rings (SSSR count). The van der Waals surface area contributed by atoms with Crippen molar-refractivity contribution in [3.63, 3.8) is 0 Å². The monoisotopic (exact) mass is 421 g/mol. The van der Waals surface area contributed by atoms with E-state index in [4.69, 9.17) is 0 Å². The van der Waals surface area contributed by atoms with E-state index >= 15 is 0 Å². The van der Waals surface area contributed by atoms with Crippen LogP contribution < -0.4 is 10.6 Å². The summed E-state index contributed by atoms with van der Waals surface area (Å²) in [5, 5.41) is 6.25. The first-order chi connectivity index (χ1) is 9.76. The Morgan fingerprint density at radius 2 is 2.05 bits per heavy atom. The third kappa shape index (κ3) is 9.62. The van der Waals surface area contributed by atoms with Gasteiger partial charge in [0.15, 0.2) is 5.96 Å². The van der Waals surface area contributed by atoms with Crippen LogP contribution in [0.1, 0.15) is 12.5 Å². The zero-order valence-electron chi connectivity index (χ0n) is 12.4. The molecule has 0 spiro atoms. The van der Waals surface area contributed by atoms with E-state index in [9.17, 15) is 4.21 Å². The van der Waals surface area contributed by atoms with Crippen molar-refractivity contribution in [2.75, 3.05) is 25.4 Å². The second-order valence-corrected chi connectivity index (χ2v) is 5.78. The zero-order chi connectivity index (χ0) is 14.6. The second-order valence-electron chi connectivity index (χ2n) is 4.20. The molecule has 118 valence electrons. The third-order valence-electron chi connectivity index (χ3n) is 2.52. The van der Waals surface area contributed by atoms with E-state index in [1.54, 1.807) is 6.08 Å². The maximum absolute atomic E-state index is 12.0. The van der Waals surface area contributed by atoms with Crippen LogP contribution in [0, 0.1) is 0 Å². The van der Waals surface area contributed by atoms with Crippen LogP contribution in [-0.2, 0) is 16.6 Å². The average Bonchev–Trinajstić information content (AvgIpc) is 2.45. The van der Waals surface area contributed by atoms with Crippen LogP contribution in [0.15, 0.2) is 48.0 Å². The van der Waals surface area contributed by atoms with Gasteiger partial charge >= 0.3 is 0 Å². The minimum Gasteiger partial charge on any atom is -0.357 e. The molecule has 1 atom stereocenters. The Morgan fingerprint density at radius 3 is 2.67 bits per heavy atom. The molecular weight excluding hydrogens is 397 g/mol. The standard InChI is InChI=1S/C15H23N3OS.HI/c1-3-10-17-15(16-4-2)18-11-12-20(19)13-14-8-6-5-7-9-14;/h3,5-9H,1,4,10-13H2,2H3,(H2,16,17,18);1H. The molecule has 0 aliphatic rings. The number of rotatable bonds is 8. The fourth-order valence-electron chi connectivity index (χ4n) is 1.60. The van der Waals surface area contributed by atoms with E-state index in [2.05, 4.69) is 22.2 Å². The molecule has 0 saturated heterocycles. The van der Waals surface area contributed by atoms with Gasteiger partial charge in [0.1, 0.15) is 0 Å². The Bertz CT molecular complexity index is 451. The molecule has 2 N–H and O–H groups in total. The number of hydrogen-bond acceptors (Lipinski definition) is 2. The van der Waals surface area contributed by atoms with Gasteiger partial charge in [0.2, 0.25) is 0 Å². The van der Waals surface area contributed by atoms with Gasteiger partial charge in [-0.3, -0.25) is 9.20 Å². The molecule has 0 radical (unpaired) electrons. The first-order valence-corrected chi connectivity index (χ1v) is 8.27. The highest BCUT2D eigenvalue weighted by Gasteiger charge is 2.01. The molecule has 0 aliphatic heterocycles. The van der Waals surface area contributed by atoms with Crippen molar-refractivity contribution in [2.45, 2.75) is 12.7 Å². The minimum atomic E-state index is -0.880. The molecule has 0 aliphatic carbocycles. The Kier molecular flexibility index (Phi) is 12.3.